The summed E-state index contributed by atoms with van der Waals surface area (Å²) in [6, 6.07) is 6.72. The summed E-state index contributed by atoms with van der Waals surface area (Å²) in [6.07, 6.45) is 1.26. The molecule has 1 atom stereocenters. The first-order valence-corrected chi connectivity index (χ1v) is 6.57. The van der Waals surface area contributed by atoms with E-state index in [2.05, 4.69) is 36.9 Å². The van der Waals surface area contributed by atoms with Crippen LogP contribution in [0.5, 0.6) is 0 Å². The molecule has 1 aromatic carbocycles. The standard InChI is InChI=1S/C14H20ClN/c1-11-3-4-12(2)14(7-11)10-16-6-5-13(8-15)9-16/h3-4,7,13H,5-6,8-10H2,1-2H3. The molecule has 0 amide bonds. The number of rotatable bonds is 3. The van der Waals surface area contributed by atoms with Crippen LogP contribution in [0.1, 0.15) is 23.1 Å². The summed E-state index contributed by atoms with van der Waals surface area (Å²) < 4.78 is 0. The molecule has 0 spiro atoms. The molecule has 2 heteroatoms. The van der Waals surface area contributed by atoms with Crippen LogP contribution in [-0.2, 0) is 6.54 Å². The van der Waals surface area contributed by atoms with Crippen molar-refractivity contribution in [2.24, 2.45) is 5.92 Å². The fourth-order valence-electron chi connectivity index (χ4n) is 2.39. The van der Waals surface area contributed by atoms with Gasteiger partial charge >= 0.3 is 0 Å². The topological polar surface area (TPSA) is 3.24 Å². The second-order valence-electron chi connectivity index (χ2n) is 4.97. The van der Waals surface area contributed by atoms with Crippen molar-refractivity contribution < 1.29 is 0 Å². The van der Waals surface area contributed by atoms with Crippen molar-refractivity contribution in [1.29, 1.82) is 0 Å². The molecule has 1 unspecified atom stereocenters. The first-order valence-electron chi connectivity index (χ1n) is 6.03. The number of aryl methyl sites for hydroxylation is 2. The zero-order chi connectivity index (χ0) is 11.5. The van der Waals surface area contributed by atoms with Crippen molar-refractivity contribution in [2.75, 3.05) is 19.0 Å². The van der Waals surface area contributed by atoms with Crippen LogP contribution in [0.4, 0.5) is 0 Å². The van der Waals surface area contributed by atoms with Crippen molar-refractivity contribution in [3.8, 4) is 0 Å². The maximum atomic E-state index is 5.91. The van der Waals surface area contributed by atoms with Gasteiger partial charge in [0.2, 0.25) is 0 Å². The minimum atomic E-state index is 0.701. The van der Waals surface area contributed by atoms with Gasteiger partial charge in [0.25, 0.3) is 0 Å². The van der Waals surface area contributed by atoms with Gasteiger partial charge in [-0.3, -0.25) is 4.90 Å². The average Bonchev–Trinajstić information content (AvgIpc) is 2.71. The Balaban J connectivity index is 2.01. The number of alkyl halides is 1. The molecule has 1 heterocycles. The van der Waals surface area contributed by atoms with Crippen molar-refractivity contribution in [3.05, 3.63) is 34.9 Å². The second-order valence-corrected chi connectivity index (χ2v) is 5.28. The highest BCUT2D eigenvalue weighted by molar-refractivity contribution is 6.18. The minimum absolute atomic E-state index is 0.701. The molecule has 1 saturated heterocycles. The number of hydrogen-bond acceptors (Lipinski definition) is 1. The second kappa shape index (κ2) is 5.20. The molecular formula is C14H20ClN. The van der Waals surface area contributed by atoms with Gasteiger partial charge in [-0.1, -0.05) is 23.8 Å². The van der Waals surface area contributed by atoms with E-state index in [0.717, 1.165) is 19.0 Å². The summed E-state index contributed by atoms with van der Waals surface area (Å²) >= 11 is 5.91. The Bertz CT molecular complexity index is 362. The Morgan fingerprint density at radius 1 is 1.38 bits per heavy atom. The third-order valence-corrected chi connectivity index (χ3v) is 3.92. The summed E-state index contributed by atoms with van der Waals surface area (Å²) in [5.74, 6) is 1.51. The van der Waals surface area contributed by atoms with Crippen LogP contribution in [-0.4, -0.2) is 23.9 Å². The Hall–Kier alpha value is -0.530. The molecular weight excluding hydrogens is 218 g/mol. The van der Waals surface area contributed by atoms with E-state index >= 15 is 0 Å². The molecule has 0 radical (unpaired) electrons. The molecule has 2 rings (SSSR count). The summed E-state index contributed by atoms with van der Waals surface area (Å²) in [7, 11) is 0. The van der Waals surface area contributed by atoms with Gasteiger partial charge in [0.15, 0.2) is 0 Å². The molecule has 1 aliphatic heterocycles. The molecule has 1 nitrogen and oxygen atoms in total. The lowest BCUT2D eigenvalue weighted by Gasteiger charge is -2.17. The number of benzene rings is 1. The lowest BCUT2D eigenvalue weighted by Crippen LogP contribution is -2.21. The third-order valence-electron chi connectivity index (χ3n) is 3.49. The van der Waals surface area contributed by atoms with E-state index < -0.39 is 0 Å². The zero-order valence-electron chi connectivity index (χ0n) is 10.2. The largest absolute Gasteiger partial charge is 0.299 e. The fourth-order valence-corrected chi connectivity index (χ4v) is 2.65. The highest BCUT2D eigenvalue weighted by atomic mass is 35.5. The summed E-state index contributed by atoms with van der Waals surface area (Å²) in [6.45, 7) is 7.81. The van der Waals surface area contributed by atoms with Crippen molar-refractivity contribution in [3.63, 3.8) is 0 Å². The van der Waals surface area contributed by atoms with E-state index in [1.165, 1.54) is 29.7 Å². The van der Waals surface area contributed by atoms with Gasteiger partial charge in [-0.05, 0) is 43.9 Å². The molecule has 16 heavy (non-hydrogen) atoms. The Kier molecular flexibility index (Phi) is 3.88. The van der Waals surface area contributed by atoms with Crippen LogP contribution >= 0.6 is 11.6 Å². The highest BCUT2D eigenvalue weighted by Gasteiger charge is 2.21. The van der Waals surface area contributed by atoms with Gasteiger partial charge in [0.05, 0.1) is 0 Å². The van der Waals surface area contributed by atoms with Crippen LogP contribution in [0, 0.1) is 19.8 Å². The summed E-state index contributed by atoms with van der Waals surface area (Å²) in [5, 5.41) is 0. The van der Waals surface area contributed by atoms with Crippen LogP contribution in [0.3, 0.4) is 0 Å². The minimum Gasteiger partial charge on any atom is -0.299 e. The SMILES string of the molecule is Cc1ccc(C)c(CN2CCC(CCl)C2)c1. The number of likely N-dealkylation sites (tertiary alicyclic amines) is 1. The number of halogens is 1. The Labute approximate surface area is 103 Å². The molecule has 0 aliphatic carbocycles. The molecule has 0 aromatic heterocycles. The van der Waals surface area contributed by atoms with Crippen LogP contribution in [0.15, 0.2) is 18.2 Å². The fraction of sp³-hybridized carbons (Fsp3) is 0.571. The lowest BCUT2D eigenvalue weighted by atomic mass is 10.1. The monoisotopic (exact) mass is 237 g/mol. The van der Waals surface area contributed by atoms with E-state index in [4.69, 9.17) is 11.6 Å². The van der Waals surface area contributed by atoms with E-state index in [1.807, 2.05) is 0 Å². The summed E-state index contributed by atoms with van der Waals surface area (Å²) in [5.41, 5.74) is 4.23. The van der Waals surface area contributed by atoms with Crippen LogP contribution < -0.4 is 0 Å². The van der Waals surface area contributed by atoms with Gasteiger partial charge in [-0.15, -0.1) is 11.6 Å². The average molecular weight is 238 g/mol. The molecule has 1 aromatic rings. The lowest BCUT2D eigenvalue weighted by molar-refractivity contribution is 0.320. The Morgan fingerprint density at radius 3 is 2.88 bits per heavy atom. The van der Waals surface area contributed by atoms with Gasteiger partial charge in [0, 0.05) is 19.0 Å². The molecule has 0 bridgehead atoms. The zero-order valence-corrected chi connectivity index (χ0v) is 10.9. The third kappa shape index (κ3) is 2.78. The normalized spacial score (nSPS) is 21.6. The first kappa shape index (κ1) is 11.9. The van der Waals surface area contributed by atoms with E-state index in [-0.39, 0.29) is 0 Å². The van der Waals surface area contributed by atoms with Crippen molar-refractivity contribution in [1.82, 2.24) is 4.90 Å². The smallest absolute Gasteiger partial charge is 0.0264 e. The molecule has 1 fully saturated rings. The highest BCUT2D eigenvalue weighted by Crippen LogP contribution is 2.21. The molecule has 88 valence electrons. The van der Waals surface area contributed by atoms with Crippen molar-refractivity contribution in [2.45, 2.75) is 26.8 Å². The number of nitrogens with zero attached hydrogens (tertiary/aromatic N) is 1. The van der Waals surface area contributed by atoms with E-state index in [1.54, 1.807) is 0 Å². The van der Waals surface area contributed by atoms with E-state index in [0.29, 0.717) is 5.92 Å². The Morgan fingerprint density at radius 2 is 2.19 bits per heavy atom. The van der Waals surface area contributed by atoms with Crippen LogP contribution in [0.2, 0.25) is 0 Å². The quantitative estimate of drug-likeness (QED) is 0.729. The maximum Gasteiger partial charge on any atom is 0.0264 e. The van der Waals surface area contributed by atoms with Crippen molar-refractivity contribution >= 4 is 11.6 Å². The first-order chi connectivity index (χ1) is 7.69. The predicted octanol–water partition coefficient (Wildman–Crippen LogP) is 3.36. The number of hydrogen-bond donors (Lipinski definition) is 0. The van der Waals surface area contributed by atoms with E-state index in [9.17, 15) is 0 Å². The van der Waals surface area contributed by atoms with Gasteiger partial charge in [-0.2, -0.15) is 0 Å². The molecule has 0 N–H and O–H groups in total. The maximum absolute atomic E-state index is 5.91. The summed E-state index contributed by atoms with van der Waals surface area (Å²) in [4.78, 5) is 2.52. The molecule has 1 aliphatic rings. The molecule has 0 saturated carbocycles. The van der Waals surface area contributed by atoms with Crippen LogP contribution in [0.25, 0.3) is 0 Å². The van der Waals surface area contributed by atoms with Gasteiger partial charge < -0.3 is 0 Å². The van der Waals surface area contributed by atoms with Gasteiger partial charge in [-0.25, -0.2) is 0 Å². The predicted molar refractivity (Wildman–Crippen MR) is 70.0 cm³/mol. The van der Waals surface area contributed by atoms with Gasteiger partial charge in [0.1, 0.15) is 0 Å².